The summed E-state index contributed by atoms with van der Waals surface area (Å²) in [5.41, 5.74) is 0. The molecule has 0 saturated carbocycles. The highest BCUT2D eigenvalue weighted by Gasteiger charge is 2.29. The van der Waals surface area contributed by atoms with Gasteiger partial charge in [-0.25, -0.2) is 4.39 Å². The number of nitrogens with one attached hydrogen (secondary N) is 1. The summed E-state index contributed by atoms with van der Waals surface area (Å²) in [6.07, 6.45) is 0.946. The molecule has 1 N–H and O–H groups in total. The number of rotatable bonds is 4. The smallest absolute Gasteiger partial charge is 0.264 e. The van der Waals surface area contributed by atoms with Crippen LogP contribution in [0.3, 0.4) is 0 Å². The molecule has 0 spiro atoms. The van der Waals surface area contributed by atoms with Gasteiger partial charge in [0.05, 0.1) is 10.9 Å². The maximum absolute atomic E-state index is 13.2. The Morgan fingerprint density at radius 3 is 2.90 bits per heavy atom. The van der Waals surface area contributed by atoms with Crippen molar-refractivity contribution in [2.24, 2.45) is 0 Å². The molecule has 0 atom stereocenters. The van der Waals surface area contributed by atoms with Crippen LogP contribution in [0.5, 0.6) is 0 Å². The first-order chi connectivity index (χ1) is 9.69. The lowest BCUT2D eigenvalue weighted by Gasteiger charge is -2.38. The fourth-order valence-corrected chi connectivity index (χ4v) is 3.48. The van der Waals surface area contributed by atoms with Crippen molar-refractivity contribution in [2.45, 2.75) is 19.4 Å². The van der Waals surface area contributed by atoms with E-state index in [0.717, 1.165) is 36.1 Å². The molecule has 0 unspecified atom stereocenters. The molecule has 5 heteroatoms. The molecule has 0 radical (unpaired) electrons. The average Bonchev–Trinajstić information content (AvgIpc) is 2.78. The van der Waals surface area contributed by atoms with Gasteiger partial charge in [-0.1, -0.05) is 13.0 Å². The zero-order valence-electron chi connectivity index (χ0n) is 11.4. The summed E-state index contributed by atoms with van der Waals surface area (Å²) < 4.78 is 14.1. The quantitative estimate of drug-likeness (QED) is 0.940. The van der Waals surface area contributed by atoms with Crippen LogP contribution in [0.25, 0.3) is 10.1 Å². The van der Waals surface area contributed by atoms with Gasteiger partial charge in [0.25, 0.3) is 5.91 Å². The van der Waals surface area contributed by atoms with Crippen LogP contribution in [0.15, 0.2) is 24.3 Å². The number of hydrogen-bond acceptors (Lipinski definition) is 3. The maximum atomic E-state index is 13.2. The SMILES string of the molecule is CCCN(C(=O)c1cc2ccc(F)cc2s1)C1CNC1. The van der Waals surface area contributed by atoms with Crippen molar-refractivity contribution in [1.82, 2.24) is 10.2 Å². The highest BCUT2D eigenvalue weighted by atomic mass is 32.1. The molecule has 1 aromatic carbocycles. The predicted octanol–water partition coefficient (Wildman–Crippen LogP) is 2.86. The monoisotopic (exact) mass is 292 g/mol. The first kappa shape index (κ1) is 13.5. The molecular formula is C15H17FN2OS. The molecule has 3 nitrogen and oxygen atoms in total. The number of hydrogen-bond donors (Lipinski definition) is 1. The highest BCUT2D eigenvalue weighted by molar-refractivity contribution is 7.20. The first-order valence-corrected chi connectivity index (χ1v) is 7.71. The zero-order chi connectivity index (χ0) is 14.1. The number of nitrogens with zero attached hydrogens (tertiary/aromatic N) is 1. The van der Waals surface area contributed by atoms with Crippen LogP contribution in [-0.4, -0.2) is 36.5 Å². The van der Waals surface area contributed by atoms with Gasteiger partial charge in [0, 0.05) is 24.3 Å². The van der Waals surface area contributed by atoms with E-state index >= 15 is 0 Å². The Morgan fingerprint density at radius 2 is 2.25 bits per heavy atom. The lowest BCUT2D eigenvalue weighted by atomic mass is 10.1. The average molecular weight is 292 g/mol. The summed E-state index contributed by atoms with van der Waals surface area (Å²) >= 11 is 1.37. The third-order valence-electron chi connectivity index (χ3n) is 3.62. The molecular weight excluding hydrogens is 275 g/mol. The molecule has 106 valence electrons. The Morgan fingerprint density at radius 1 is 1.45 bits per heavy atom. The van der Waals surface area contributed by atoms with Gasteiger partial charge in [0.1, 0.15) is 5.82 Å². The van der Waals surface area contributed by atoms with E-state index in [9.17, 15) is 9.18 Å². The normalized spacial score (nSPS) is 15.3. The van der Waals surface area contributed by atoms with E-state index in [1.54, 1.807) is 6.07 Å². The number of carbonyl (C=O) groups excluding carboxylic acids is 1. The second-order valence-electron chi connectivity index (χ2n) is 5.10. The van der Waals surface area contributed by atoms with Crippen molar-refractivity contribution in [3.8, 4) is 0 Å². The molecule has 1 amide bonds. The van der Waals surface area contributed by atoms with Crippen molar-refractivity contribution < 1.29 is 9.18 Å². The van der Waals surface area contributed by atoms with Crippen LogP contribution in [0.4, 0.5) is 4.39 Å². The molecule has 3 rings (SSSR count). The second kappa shape index (κ2) is 5.50. The minimum Gasteiger partial charge on any atom is -0.332 e. The van der Waals surface area contributed by atoms with Crippen molar-refractivity contribution in [3.63, 3.8) is 0 Å². The Balaban J connectivity index is 1.89. The van der Waals surface area contributed by atoms with E-state index in [0.29, 0.717) is 10.9 Å². The molecule has 1 fully saturated rings. The van der Waals surface area contributed by atoms with Crippen LogP contribution < -0.4 is 5.32 Å². The van der Waals surface area contributed by atoms with Crippen molar-refractivity contribution >= 4 is 27.3 Å². The number of fused-ring (bicyclic) bond motifs is 1. The lowest BCUT2D eigenvalue weighted by molar-refractivity contribution is 0.0621. The van der Waals surface area contributed by atoms with Gasteiger partial charge in [-0.2, -0.15) is 0 Å². The van der Waals surface area contributed by atoms with Gasteiger partial charge in [0.2, 0.25) is 0 Å². The number of benzene rings is 1. The molecule has 0 aliphatic carbocycles. The Hall–Kier alpha value is -1.46. The third-order valence-corrected chi connectivity index (χ3v) is 4.70. The molecule has 1 saturated heterocycles. The van der Waals surface area contributed by atoms with Crippen molar-refractivity contribution in [2.75, 3.05) is 19.6 Å². The summed E-state index contributed by atoms with van der Waals surface area (Å²) in [7, 11) is 0. The molecule has 2 heterocycles. The number of halogens is 1. The van der Waals surface area contributed by atoms with Gasteiger partial charge in [-0.3, -0.25) is 4.79 Å². The zero-order valence-corrected chi connectivity index (χ0v) is 12.2. The van der Waals surface area contributed by atoms with Gasteiger partial charge >= 0.3 is 0 Å². The molecule has 1 aliphatic heterocycles. The maximum Gasteiger partial charge on any atom is 0.264 e. The van der Waals surface area contributed by atoms with Crippen LogP contribution in [-0.2, 0) is 0 Å². The summed E-state index contributed by atoms with van der Waals surface area (Å²) in [6, 6.07) is 6.82. The number of carbonyl (C=O) groups is 1. The fraction of sp³-hybridized carbons (Fsp3) is 0.400. The van der Waals surface area contributed by atoms with Gasteiger partial charge in [-0.05, 0) is 30.0 Å². The van der Waals surface area contributed by atoms with Gasteiger partial charge in [-0.15, -0.1) is 11.3 Å². The summed E-state index contributed by atoms with van der Waals surface area (Å²) in [5.74, 6) is -0.188. The first-order valence-electron chi connectivity index (χ1n) is 6.90. The second-order valence-corrected chi connectivity index (χ2v) is 6.19. The topological polar surface area (TPSA) is 32.3 Å². The minimum atomic E-state index is -0.257. The van der Waals surface area contributed by atoms with Crippen LogP contribution >= 0.6 is 11.3 Å². The largest absolute Gasteiger partial charge is 0.332 e. The van der Waals surface area contributed by atoms with Gasteiger partial charge in [0.15, 0.2) is 0 Å². The Kier molecular flexibility index (Phi) is 3.72. The van der Waals surface area contributed by atoms with Crippen molar-refractivity contribution in [3.05, 3.63) is 35.0 Å². The van der Waals surface area contributed by atoms with E-state index in [4.69, 9.17) is 0 Å². The van der Waals surface area contributed by atoms with Crippen LogP contribution in [0, 0.1) is 5.82 Å². The Labute approximate surface area is 121 Å². The van der Waals surface area contributed by atoms with E-state index in [1.807, 2.05) is 11.0 Å². The summed E-state index contributed by atoms with van der Waals surface area (Å²) in [4.78, 5) is 15.3. The number of thiophene rings is 1. The summed E-state index contributed by atoms with van der Waals surface area (Å²) in [6.45, 7) is 4.58. The lowest BCUT2D eigenvalue weighted by Crippen LogP contribution is -2.58. The number of amides is 1. The highest BCUT2D eigenvalue weighted by Crippen LogP contribution is 2.28. The van der Waals surface area contributed by atoms with E-state index < -0.39 is 0 Å². The van der Waals surface area contributed by atoms with E-state index in [2.05, 4.69) is 12.2 Å². The Bertz CT molecular complexity index is 636. The summed E-state index contributed by atoms with van der Waals surface area (Å²) in [5, 5.41) is 4.13. The van der Waals surface area contributed by atoms with Crippen LogP contribution in [0.1, 0.15) is 23.0 Å². The van der Waals surface area contributed by atoms with E-state index in [-0.39, 0.29) is 11.7 Å². The predicted molar refractivity (Wildman–Crippen MR) is 79.8 cm³/mol. The fourth-order valence-electron chi connectivity index (χ4n) is 2.44. The van der Waals surface area contributed by atoms with E-state index in [1.165, 1.54) is 23.5 Å². The standard InChI is InChI=1S/C15H17FN2OS/c1-2-5-18(12-8-17-9-12)15(19)14-6-10-3-4-11(16)7-13(10)20-14/h3-4,6-7,12,17H,2,5,8-9H2,1H3. The molecule has 2 aromatic rings. The minimum absolute atomic E-state index is 0.0694. The molecule has 20 heavy (non-hydrogen) atoms. The molecule has 1 aliphatic rings. The molecule has 0 bridgehead atoms. The van der Waals surface area contributed by atoms with Crippen molar-refractivity contribution in [1.29, 1.82) is 0 Å². The van der Waals surface area contributed by atoms with Gasteiger partial charge < -0.3 is 10.2 Å². The molecule has 1 aromatic heterocycles. The van der Waals surface area contributed by atoms with Crippen LogP contribution in [0.2, 0.25) is 0 Å². The third kappa shape index (κ3) is 2.43.